The van der Waals surface area contributed by atoms with Crippen molar-refractivity contribution in [3.63, 3.8) is 0 Å². The van der Waals surface area contributed by atoms with Gasteiger partial charge in [-0.3, -0.25) is 9.48 Å². The molecule has 2 amide bonds. The van der Waals surface area contributed by atoms with Gasteiger partial charge in [-0.2, -0.15) is 9.82 Å². The van der Waals surface area contributed by atoms with Gasteiger partial charge in [-0.25, -0.2) is 13.2 Å². The number of benzene rings is 2. The van der Waals surface area contributed by atoms with E-state index in [1.165, 1.54) is 18.7 Å². The number of sulfonamides is 1. The number of aromatic nitrogens is 2. The molecule has 1 heterocycles. The van der Waals surface area contributed by atoms with E-state index in [1.807, 2.05) is 30.3 Å². The van der Waals surface area contributed by atoms with Crippen molar-refractivity contribution >= 4 is 39.3 Å². The van der Waals surface area contributed by atoms with E-state index in [1.54, 1.807) is 18.2 Å². The summed E-state index contributed by atoms with van der Waals surface area (Å²) in [6.07, 6.45) is 1.93. The largest absolute Gasteiger partial charge is 0.480 e. The number of aryl methyl sites for hydroxylation is 2. The van der Waals surface area contributed by atoms with Crippen LogP contribution in [0.5, 0.6) is 0 Å². The first-order valence-corrected chi connectivity index (χ1v) is 13.1. The molecule has 2 aromatic carbocycles. The van der Waals surface area contributed by atoms with E-state index in [2.05, 4.69) is 20.5 Å². The Morgan fingerprint density at radius 2 is 1.86 bits per heavy atom. The molecule has 1 aromatic heterocycles. The van der Waals surface area contributed by atoms with Crippen molar-refractivity contribution in [1.82, 2.24) is 19.8 Å². The first-order chi connectivity index (χ1) is 17.0. The lowest BCUT2D eigenvalue weighted by Crippen LogP contribution is -2.42. The van der Waals surface area contributed by atoms with Crippen LogP contribution in [0, 0.1) is 6.92 Å². The fourth-order valence-corrected chi connectivity index (χ4v) is 5.71. The molecule has 0 bridgehead atoms. The Labute approximate surface area is 213 Å². The third-order valence-corrected chi connectivity index (χ3v) is 7.89. The predicted octanol–water partition coefficient (Wildman–Crippen LogP) is 3.31. The molecule has 0 spiro atoms. The Balaban J connectivity index is 1.46. The number of rotatable bonds is 9. The number of carbonyl (C=O) groups is 2. The van der Waals surface area contributed by atoms with Crippen LogP contribution >= 0.6 is 11.6 Å². The van der Waals surface area contributed by atoms with Crippen molar-refractivity contribution in [2.45, 2.75) is 43.2 Å². The van der Waals surface area contributed by atoms with Crippen LogP contribution in [0.1, 0.15) is 24.1 Å². The molecule has 0 saturated heterocycles. The predicted molar refractivity (Wildman–Crippen MR) is 135 cm³/mol. The average Bonchev–Trinajstić information content (AvgIpc) is 3.57. The topological polar surface area (TPSA) is 142 Å². The Bertz CT molecular complexity index is 1400. The van der Waals surface area contributed by atoms with Gasteiger partial charge in [0.2, 0.25) is 10.0 Å². The normalized spacial score (nSPS) is 14.3. The molecule has 10 nitrogen and oxygen atoms in total. The maximum Gasteiger partial charge on any atom is 0.322 e. The number of urea groups is 1. The summed E-state index contributed by atoms with van der Waals surface area (Å²) >= 11 is 6.07. The molecule has 1 fully saturated rings. The molecule has 36 heavy (non-hydrogen) atoms. The first kappa shape index (κ1) is 25.7. The molecule has 1 aliphatic rings. The van der Waals surface area contributed by atoms with Crippen molar-refractivity contribution in [2.24, 2.45) is 7.05 Å². The highest BCUT2D eigenvalue weighted by atomic mass is 35.5. The van der Waals surface area contributed by atoms with E-state index in [4.69, 9.17) is 11.6 Å². The van der Waals surface area contributed by atoms with Crippen LogP contribution < -0.4 is 15.4 Å². The second-order valence-corrected chi connectivity index (χ2v) is 10.7. The Hall–Kier alpha value is -3.41. The van der Waals surface area contributed by atoms with Gasteiger partial charge in [-0.15, -0.1) is 0 Å². The van der Waals surface area contributed by atoms with Crippen LogP contribution in [0.25, 0.3) is 11.1 Å². The fraction of sp³-hybridized carbons (Fsp3) is 0.292. The fourth-order valence-electron chi connectivity index (χ4n) is 3.77. The molecule has 1 atom stereocenters. The lowest BCUT2D eigenvalue weighted by Gasteiger charge is -2.15. The molecule has 0 radical (unpaired) electrons. The molecular formula is C24H26ClN5O5S. The summed E-state index contributed by atoms with van der Waals surface area (Å²) in [4.78, 5) is 23.6. The minimum Gasteiger partial charge on any atom is -0.480 e. The Morgan fingerprint density at radius 1 is 1.17 bits per heavy atom. The summed E-state index contributed by atoms with van der Waals surface area (Å²) in [7, 11) is -2.72. The number of carboxylic acid groups (broad SMARTS) is 1. The van der Waals surface area contributed by atoms with Crippen molar-refractivity contribution in [3.05, 3.63) is 64.9 Å². The molecule has 190 valence electrons. The highest BCUT2D eigenvalue weighted by molar-refractivity contribution is 7.89. The van der Waals surface area contributed by atoms with Crippen LogP contribution in [-0.4, -0.2) is 47.4 Å². The molecule has 4 N–H and O–H groups in total. The molecule has 3 aromatic rings. The first-order valence-electron chi connectivity index (χ1n) is 11.2. The molecule has 1 aliphatic carbocycles. The number of carbonyl (C=O) groups excluding carboxylic acids is 1. The zero-order chi connectivity index (χ0) is 26.0. The number of hydrogen-bond acceptors (Lipinski definition) is 5. The standard InChI is InChI=1S/C24H26ClN5O5S/c1-14-21(22(25)30(2)28-14)36(34,35)29-20(23(31)32)12-15-6-8-16(9-7-15)17-4-3-5-19(13-17)27-24(33)26-18-10-11-18/h3-9,13,18,20,29H,10-12H2,1-2H3,(H,31,32)(H2,26,27,33)/t20-/m0/s1. The number of nitrogens with zero attached hydrogens (tertiary/aromatic N) is 2. The maximum atomic E-state index is 12.9. The van der Waals surface area contributed by atoms with Crippen LogP contribution in [0.15, 0.2) is 53.4 Å². The smallest absolute Gasteiger partial charge is 0.322 e. The van der Waals surface area contributed by atoms with Crippen molar-refractivity contribution in [2.75, 3.05) is 5.32 Å². The lowest BCUT2D eigenvalue weighted by atomic mass is 10.0. The second-order valence-electron chi connectivity index (χ2n) is 8.70. The van der Waals surface area contributed by atoms with Crippen LogP contribution in [0.4, 0.5) is 10.5 Å². The average molecular weight is 532 g/mol. The minimum absolute atomic E-state index is 0.0747. The molecule has 0 unspecified atom stereocenters. The maximum absolute atomic E-state index is 12.9. The van der Waals surface area contributed by atoms with Gasteiger partial charge in [0.05, 0.1) is 5.69 Å². The molecule has 1 saturated carbocycles. The number of nitrogens with one attached hydrogen (secondary N) is 3. The summed E-state index contributed by atoms with van der Waals surface area (Å²) in [6.45, 7) is 1.49. The van der Waals surface area contributed by atoms with E-state index >= 15 is 0 Å². The van der Waals surface area contributed by atoms with Crippen molar-refractivity contribution < 1.29 is 23.1 Å². The summed E-state index contributed by atoms with van der Waals surface area (Å²) < 4.78 is 29.2. The van der Waals surface area contributed by atoms with Gasteiger partial charge in [-0.05, 0) is 55.0 Å². The van der Waals surface area contributed by atoms with E-state index < -0.39 is 22.0 Å². The van der Waals surface area contributed by atoms with Gasteiger partial charge >= 0.3 is 12.0 Å². The third kappa shape index (κ3) is 6.04. The van der Waals surface area contributed by atoms with Gasteiger partial charge in [0, 0.05) is 18.8 Å². The number of carboxylic acids is 1. The van der Waals surface area contributed by atoms with E-state index in [0.717, 1.165) is 24.0 Å². The Kier molecular flexibility index (Phi) is 7.34. The minimum atomic E-state index is -4.22. The highest BCUT2D eigenvalue weighted by Crippen LogP contribution is 2.26. The summed E-state index contributed by atoms with van der Waals surface area (Å²) in [5.41, 5.74) is 3.17. The third-order valence-electron chi connectivity index (χ3n) is 5.72. The molecule has 0 aliphatic heterocycles. The van der Waals surface area contributed by atoms with Crippen LogP contribution in [0.2, 0.25) is 5.15 Å². The van der Waals surface area contributed by atoms with Crippen LogP contribution in [-0.2, 0) is 28.3 Å². The SMILES string of the molecule is Cc1nn(C)c(Cl)c1S(=O)(=O)N[C@@H](Cc1ccc(-c2cccc(NC(=O)NC3CC3)c2)cc1)C(=O)O. The summed E-state index contributed by atoms with van der Waals surface area (Å²) in [6, 6.07) is 13.1. The second kappa shape index (κ2) is 10.3. The van der Waals surface area contributed by atoms with Gasteiger partial charge in [0.1, 0.15) is 16.1 Å². The monoisotopic (exact) mass is 531 g/mol. The van der Waals surface area contributed by atoms with Crippen LogP contribution in [0.3, 0.4) is 0 Å². The van der Waals surface area contributed by atoms with Gasteiger partial charge in [-0.1, -0.05) is 48.0 Å². The van der Waals surface area contributed by atoms with Gasteiger partial charge in [0.25, 0.3) is 0 Å². The molecule has 4 rings (SSSR count). The number of aliphatic carboxylic acids is 1. The Morgan fingerprint density at radius 3 is 2.44 bits per heavy atom. The molecule has 12 heteroatoms. The zero-order valence-corrected chi connectivity index (χ0v) is 21.2. The summed E-state index contributed by atoms with van der Waals surface area (Å²) in [5, 5.41) is 19.2. The lowest BCUT2D eigenvalue weighted by molar-refractivity contribution is -0.138. The zero-order valence-electron chi connectivity index (χ0n) is 19.7. The number of hydrogen-bond donors (Lipinski definition) is 4. The van der Waals surface area contributed by atoms with Gasteiger partial charge < -0.3 is 15.7 Å². The number of amides is 2. The van der Waals surface area contributed by atoms with Crippen molar-refractivity contribution in [3.8, 4) is 11.1 Å². The number of anilines is 1. The summed E-state index contributed by atoms with van der Waals surface area (Å²) in [5.74, 6) is -1.32. The quantitative estimate of drug-likeness (QED) is 0.333. The van der Waals surface area contributed by atoms with E-state index in [-0.39, 0.29) is 34.2 Å². The van der Waals surface area contributed by atoms with Gasteiger partial charge in [0.15, 0.2) is 0 Å². The number of halogens is 1. The highest BCUT2D eigenvalue weighted by Gasteiger charge is 2.31. The molecular weight excluding hydrogens is 506 g/mol. The van der Waals surface area contributed by atoms with E-state index in [0.29, 0.717) is 11.3 Å². The van der Waals surface area contributed by atoms with Crippen molar-refractivity contribution in [1.29, 1.82) is 0 Å². The van der Waals surface area contributed by atoms with E-state index in [9.17, 15) is 23.1 Å².